The summed E-state index contributed by atoms with van der Waals surface area (Å²) in [7, 11) is 2.79. The van der Waals surface area contributed by atoms with E-state index in [1.165, 1.54) is 14.2 Å². The molecule has 1 heterocycles. The van der Waals surface area contributed by atoms with Crippen LogP contribution in [0.1, 0.15) is 15.9 Å². The number of hydrogen-bond acceptors (Lipinski definition) is 5. The smallest absolute Gasteiger partial charge is 0.341 e. The van der Waals surface area contributed by atoms with E-state index in [1.807, 2.05) is 36.4 Å². The maximum Gasteiger partial charge on any atom is 0.341 e. The zero-order chi connectivity index (χ0) is 18.5. The standard InChI is InChI=1S/C21H16N2O3/c1-25-19-12-15(8-10-17(19)21(24)26-2)20-16(13-22)9-11-18(23-20)14-6-4-3-5-7-14/h3-12H,1-2H3. The molecule has 0 atom stereocenters. The zero-order valence-corrected chi connectivity index (χ0v) is 14.4. The van der Waals surface area contributed by atoms with E-state index in [2.05, 4.69) is 11.1 Å². The summed E-state index contributed by atoms with van der Waals surface area (Å²) in [5.41, 5.74) is 3.69. The second-order valence-corrected chi connectivity index (χ2v) is 5.48. The Bertz CT molecular complexity index is 992. The van der Waals surface area contributed by atoms with Gasteiger partial charge in [-0.2, -0.15) is 5.26 Å². The first-order valence-corrected chi connectivity index (χ1v) is 7.91. The number of rotatable bonds is 4. The van der Waals surface area contributed by atoms with E-state index in [-0.39, 0.29) is 0 Å². The van der Waals surface area contributed by atoms with Crippen LogP contribution in [0.3, 0.4) is 0 Å². The lowest BCUT2D eigenvalue weighted by molar-refractivity contribution is 0.0597. The molecule has 0 unspecified atom stereocenters. The zero-order valence-electron chi connectivity index (χ0n) is 14.4. The number of hydrogen-bond donors (Lipinski definition) is 0. The third-order valence-corrected chi connectivity index (χ3v) is 3.97. The summed E-state index contributed by atoms with van der Waals surface area (Å²) in [4.78, 5) is 16.5. The van der Waals surface area contributed by atoms with Gasteiger partial charge in [0, 0.05) is 11.1 Å². The molecule has 0 amide bonds. The quantitative estimate of drug-likeness (QED) is 0.667. The van der Waals surface area contributed by atoms with Crippen LogP contribution < -0.4 is 4.74 Å². The van der Waals surface area contributed by atoms with Crippen molar-refractivity contribution in [3.05, 3.63) is 71.8 Å². The lowest BCUT2D eigenvalue weighted by Gasteiger charge is -2.11. The van der Waals surface area contributed by atoms with Gasteiger partial charge in [-0.25, -0.2) is 9.78 Å². The van der Waals surface area contributed by atoms with Gasteiger partial charge in [-0.3, -0.25) is 0 Å². The summed E-state index contributed by atoms with van der Waals surface area (Å²) in [6.07, 6.45) is 0. The van der Waals surface area contributed by atoms with Gasteiger partial charge in [0.1, 0.15) is 17.4 Å². The van der Waals surface area contributed by atoms with Crippen molar-refractivity contribution < 1.29 is 14.3 Å². The average molecular weight is 344 g/mol. The number of nitriles is 1. The molecule has 5 heteroatoms. The van der Waals surface area contributed by atoms with E-state index in [0.29, 0.717) is 28.1 Å². The number of aromatic nitrogens is 1. The Kier molecular flexibility index (Phi) is 4.95. The maximum absolute atomic E-state index is 11.8. The monoisotopic (exact) mass is 344 g/mol. The minimum absolute atomic E-state index is 0.316. The molecule has 2 aromatic carbocycles. The Balaban J connectivity index is 2.14. The number of carbonyl (C=O) groups excluding carboxylic acids is 1. The summed E-state index contributed by atoms with van der Waals surface area (Å²) in [5.74, 6) is -0.120. The van der Waals surface area contributed by atoms with Crippen LogP contribution in [0.25, 0.3) is 22.5 Å². The molecule has 5 nitrogen and oxygen atoms in total. The molecule has 3 rings (SSSR count). The van der Waals surface area contributed by atoms with Crippen LogP contribution in [0.15, 0.2) is 60.7 Å². The van der Waals surface area contributed by atoms with Crippen LogP contribution >= 0.6 is 0 Å². The fourth-order valence-electron chi connectivity index (χ4n) is 2.66. The molecule has 0 aliphatic carbocycles. The highest BCUT2D eigenvalue weighted by molar-refractivity contribution is 5.93. The van der Waals surface area contributed by atoms with E-state index < -0.39 is 5.97 Å². The summed E-state index contributed by atoms with van der Waals surface area (Å²) >= 11 is 0. The molecule has 0 saturated heterocycles. The Morgan fingerprint density at radius 3 is 2.42 bits per heavy atom. The maximum atomic E-state index is 11.8. The van der Waals surface area contributed by atoms with E-state index >= 15 is 0 Å². The Morgan fingerprint density at radius 2 is 1.77 bits per heavy atom. The van der Waals surface area contributed by atoms with Gasteiger partial charge in [0.15, 0.2) is 0 Å². The van der Waals surface area contributed by atoms with Crippen LogP contribution in [0.4, 0.5) is 0 Å². The van der Waals surface area contributed by atoms with Gasteiger partial charge in [0.05, 0.1) is 31.2 Å². The first-order chi connectivity index (χ1) is 12.7. The Labute approximate surface area is 151 Å². The fraction of sp³-hybridized carbons (Fsp3) is 0.0952. The van der Waals surface area contributed by atoms with E-state index in [0.717, 1.165) is 11.3 Å². The molecule has 0 bridgehead atoms. The fourth-order valence-corrected chi connectivity index (χ4v) is 2.66. The normalized spacial score (nSPS) is 10.0. The third kappa shape index (κ3) is 3.26. The van der Waals surface area contributed by atoms with E-state index in [4.69, 9.17) is 9.47 Å². The molecular weight excluding hydrogens is 328 g/mol. The van der Waals surface area contributed by atoms with Crippen molar-refractivity contribution in [1.29, 1.82) is 5.26 Å². The first kappa shape index (κ1) is 17.2. The molecule has 0 fully saturated rings. The molecule has 0 N–H and O–H groups in total. The number of carbonyl (C=O) groups is 1. The topological polar surface area (TPSA) is 72.2 Å². The molecule has 128 valence electrons. The molecule has 0 aliphatic rings. The number of pyridine rings is 1. The molecule has 0 spiro atoms. The molecule has 0 saturated carbocycles. The minimum Gasteiger partial charge on any atom is -0.496 e. The van der Waals surface area contributed by atoms with Crippen molar-refractivity contribution in [2.24, 2.45) is 0 Å². The largest absolute Gasteiger partial charge is 0.496 e. The number of methoxy groups -OCH3 is 2. The SMILES string of the molecule is COC(=O)c1ccc(-c2nc(-c3ccccc3)ccc2C#N)cc1OC. The minimum atomic E-state index is -0.486. The predicted molar refractivity (Wildman–Crippen MR) is 97.7 cm³/mol. The lowest BCUT2D eigenvalue weighted by atomic mass is 10.0. The third-order valence-electron chi connectivity index (χ3n) is 3.97. The second-order valence-electron chi connectivity index (χ2n) is 5.48. The molecule has 3 aromatic rings. The highest BCUT2D eigenvalue weighted by atomic mass is 16.5. The number of esters is 1. The van der Waals surface area contributed by atoms with Crippen molar-refractivity contribution in [2.75, 3.05) is 14.2 Å². The highest BCUT2D eigenvalue weighted by Gasteiger charge is 2.16. The predicted octanol–water partition coefficient (Wildman–Crippen LogP) is 4.08. The van der Waals surface area contributed by atoms with Crippen LogP contribution in [-0.4, -0.2) is 25.2 Å². The van der Waals surface area contributed by atoms with Crippen molar-refractivity contribution in [3.63, 3.8) is 0 Å². The molecule has 0 radical (unpaired) electrons. The Hall–Kier alpha value is -3.65. The summed E-state index contributed by atoms with van der Waals surface area (Å²) < 4.78 is 10.1. The van der Waals surface area contributed by atoms with Crippen LogP contribution in [0.2, 0.25) is 0 Å². The van der Waals surface area contributed by atoms with Crippen LogP contribution in [0.5, 0.6) is 5.75 Å². The molecular formula is C21H16N2O3. The van der Waals surface area contributed by atoms with Gasteiger partial charge in [0.2, 0.25) is 0 Å². The summed E-state index contributed by atoms with van der Waals surface area (Å²) in [5, 5.41) is 9.45. The Morgan fingerprint density at radius 1 is 1.00 bits per heavy atom. The van der Waals surface area contributed by atoms with Gasteiger partial charge in [0.25, 0.3) is 0 Å². The molecule has 0 aliphatic heterocycles. The van der Waals surface area contributed by atoms with Crippen LogP contribution in [-0.2, 0) is 4.74 Å². The molecule has 1 aromatic heterocycles. The van der Waals surface area contributed by atoms with Crippen LogP contribution in [0, 0.1) is 11.3 Å². The van der Waals surface area contributed by atoms with E-state index in [9.17, 15) is 10.1 Å². The van der Waals surface area contributed by atoms with E-state index in [1.54, 1.807) is 24.3 Å². The average Bonchev–Trinajstić information content (AvgIpc) is 2.72. The lowest BCUT2D eigenvalue weighted by Crippen LogP contribution is -2.04. The number of benzene rings is 2. The van der Waals surface area contributed by atoms with Crippen molar-refractivity contribution in [2.45, 2.75) is 0 Å². The number of ether oxygens (including phenoxy) is 2. The van der Waals surface area contributed by atoms with Gasteiger partial charge < -0.3 is 9.47 Å². The highest BCUT2D eigenvalue weighted by Crippen LogP contribution is 2.30. The van der Waals surface area contributed by atoms with Gasteiger partial charge in [-0.15, -0.1) is 0 Å². The molecule has 26 heavy (non-hydrogen) atoms. The van der Waals surface area contributed by atoms with Gasteiger partial charge >= 0.3 is 5.97 Å². The van der Waals surface area contributed by atoms with Gasteiger partial charge in [-0.05, 0) is 24.3 Å². The summed E-state index contributed by atoms with van der Waals surface area (Å²) in [6, 6.07) is 20.5. The first-order valence-electron chi connectivity index (χ1n) is 7.91. The van der Waals surface area contributed by atoms with Crippen molar-refractivity contribution in [1.82, 2.24) is 4.98 Å². The number of nitrogens with zero attached hydrogens (tertiary/aromatic N) is 2. The second kappa shape index (κ2) is 7.49. The summed E-state index contributed by atoms with van der Waals surface area (Å²) in [6.45, 7) is 0. The van der Waals surface area contributed by atoms with Gasteiger partial charge in [-0.1, -0.05) is 36.4 Å². The van der Waals surface area contributed by atoms with Crippen molar-refractivity contribution in [3.8, 4) is 34.3 Å². The van der Waals surface area contributed by atoms with Crippen molar-refractivity contribution >= 4 is 5.97 Å².